The molecule has 0 spiro atoms. The number of rotatable bonds is 7. The fraction of sp³-hybridized carbons (Fsp3) is 0.500. The van der Waals surface area contributed by atoms with Crippen LogP contribution in [0.5, 0.6) is 0 Å². The molecule has 0 N–H and O–H groups in total. The van der Waals surface area contributed by atoms with E-state index in [1.807, 2.05) is 0 Å². The Labute approximate surface area is 222 Å². The molecule has 1 saturated heterocycles. The zero-order valence-corrected chi connectivity index (χ0v) is 22.4. The fourth-order valence-electron chi connectivity index (χ4n) is 4.79. The maximum atomic E-state index is 14.3. The van der Waals surface area contributed by atoms with E-state index in [0.717, 1.165) is 17.5 Å². The quantitative estimate of drug-likeness (QED) is 0.298. The van der Waals surface area contributed by atoms with Crippen LogP contribution in [-0.2, 0) is 27.2 Å². The molecule has 1 aliphatic carbocycles. The maximum absolute atomic E-state index is 14.3. The van der Waals surface area contributed by atoms with Gasteiger partial charge < -0.3 is 19.3 Å². The number of aromatic nitrogens is 2. The molecule has 4 rings (SSSR count). The Morgan fingerprint density at radius 1 is 1.21 bits per heavy atom. The summed E-state index contributed by atoms with van der Waals surface area (Å²) in [6.07, 6.45) is 6.23. The summed E-state index contributed by atoms with van der Waals surface area (Å²) in [4.78, 5) is 29.8. The van der Waals surface area contributed by atoms with Gasteiger partial charge in [-0.2, -0.15) is 0 Å². The molecule has 0 saturated carbocycles. The number of aliphatic imine (C=N–C) groups is 1. The standard InChI is InChI=1S/C28H35F2N5O3/c1-17-13-26(23(30)14-22(17)29)38-20-6-9-34(10-7-20)28-27(18(2)12-21(37-5)15-31-4)32-25-16-35(19(3)36)11-8-24(25)33-28/h12-15,17,20,22H,2,6-11,16H2,1,3-5H3/b21-12+,31-15?/t17?,22-/m0/s1. The molecule has 2 aliphatic heterocycles. The Bertz CT molecular complexity index is 1200. The lowest BCUT2D eigenvalue weighted by Gasteiger charge is -2.35. The van der Waals surface area contributed by atoms with Gasteiger partial charge in [-0.1, -0.05) is 13.5 Å². The average molecular weight is 528 g/mol. The summed E-state index contributed by atoms with van der Waals surface area (Å²) in [5, 5.41) is 0. The van der Waals surface area contributed by atoms with Crippen molar-refractivity contribution in [1.82, 2.24) is 14.9 Å². The van der Waals surface area contributed by atoms with Crippen molar-refractivity contribution in [2.75, 3.05) is 38.7 Å². The zero-order valence-electron chi connectivity index (χ0n) is 22.4. The molecule has 0 bridgehead atoms. The van der Waals surface area contributed by atoms with Gasteiger partial charge in [-0.3, -0.25) is 9.79 Å². The highest BCUT2D eigenvalue weighted by atomic mass is 19.1. The van der Waals surface area contributed by atoms with E-state index in [9.17, 15) is 13.6 Å². The summed E-state index contributed by atoms with van der Waals surface area (Å²) in [5.74, 6) is 0.290. The van der Waals surface area contributed by atoms with E-state index in [1.165, 1.54) is 6.08 Å². The molecule has 3 aliphatic rings. The van der Waals surface area contributed by atoms with E-state index in [1.54, 1.807) is 45.2 Å². The third-order valence-corrected chi connectivity index (χ3v) is 7.04. The van der Waals surface area contributed by atoms with Crippen molar-refractivity contribution in [3.8, 4) is 0 Å². The van der Waals surface area contributed by atoms with Crippen molar-refractivity contribution in [2.24, 2.45) is 10.9 Å². The predicted octanol–water partition coefficient (Wildman–Crippen LogP) is 4.34. The third kappa shape index (κ3) is 6.11. The highest BCUT2D eigenvalue weighted by molar-refractivity contribution is 5.85. The van der Waals surface area contributed by atoms with Crippen LogP contribution in [-0.4, -0.2) is 73.1 Å². The Morgan fingerprint density at radius 3 is 2.61 bits per heavy atom. The van der Waals surface area contributed by atoms with Gasteiger partial charge in [0.2, 0.25) is 5.91 Å². The minimum atomic E-state index is -1.34. The van der Waals surface area contributed by atoms with Gasteiger partial charge in [-0.15, -0.1) is 0 Å². The van der Waals surface area contributed by atoms with Crippen LogP contribution in [0.25, 0.3) is 5.57 Å². The van der Waals surface area contributed by atoms with Gasteiger partial charge in [0.15, 0.2) is 17.4 Å². The van der Waals surface area contributed by atoms with Gasteiger partial charge in [-0.25, -0.2) is 18.7 Å². The van der Waals surface area contributed by atoms with Crippen LogP contribution >= 0.6 is 0 Å². The number of amides is 1. The van der Waals surface area contributed by atoms with Gasteiger partial charge >= 0.3 is 0 Å². The number of nitrogens with zero attached hydrogens (tertiary/aromatic N) is 5. The molecular weight excluding hydrogens is 492 g/mol. The van der Waals surface area contributed by atoms with E-state index >= 15 is 0 Å². The number of carbonyl (C=O) groups is 1. The third-order valence-electron chi connectivity index (χ3n) is 7.04. The van der Waals surface area contributed by atoms with Crippen molar-refractivity contribution >= 4 is 23.5 Å². The smallest absolute Gasteiger partial charge is 0.219 e. The van der Waals surface area contributed by atoms with Crippen LogP contribution in [0.1, 0.15) is 43.8 Å². The average Bonchev–Trinajstić information content (AvgIpc) is 2.90. The van der Waals surface area contributed by atoms with Crippen molar-refractivity contribution in [3.63, 3.8) is 0 Å². The Morgan fingerprint density at radius 2 is 1.95 bits per heavy atom. The summed E-state index contributed by atoms with van der Waals surface area (Å²) in [5.41, 5.74) is 2.85. The normalized spacial score (nSPS) is 22.6. The topological polar surface area (TPSA) is 80.2 Å². The first-order valence-corrected chi connectivity index (χ1v) is 12.9. The molecule has 1 aromatic heterocycles. The van der Waals surface area contributed by atoms with Crippen LogP contribution in [0.3, 0.4) is 0 Å². The molecule has 0 radical (unpaired) electrons. The van der Waals surface area contributed by atoms with Gasteiger partial charge in [0.1, 0.15) is 23.7 Å². The van der Waals surface area contributed by atoms with E-state index in [2.05, 4.69) is 16.5 Å². The second kappa shape index (κ2) is 11.9. The maximum Gasteiger partial charge on any atom is 0.219 e. The zero-order chi connectivity index (χ0) is 27.4. The Balaban J connectivity index is 1.57. The van der Waals surface area contributed by atoms with E-state index in [0.29, 0.717) is 68.3 Å². The van der Waals surface area contributed by atoms with Crippen molar-refractivity contribution in [1.29, 1.82) is 0 Å². The number of methoxy groups -OCH3 is 1. The summed E-state index contributed by atoms with van der Waals surface area (Å²) in [6.45, 7) is 9.72. The van der Waals surface area contributed by atoms with Crippen molar-refractivity contribution < 1.29 is 23.0 Å². The highest BCUT2D eigenvalue weighted by Gasteiger charge is 2.30. The molecule has 0 aromatic carbocycles. The minimum absolute atomic E-state index is 0.000453. The van der Waals surface area contributed by atoms with Gasteiger partial charge in [0, 0.05) is 64.4 Å². The van der Waals surface area contributed by atoms with Crippen LogP contribution in [0, 0.1) is 5.92 Å². The first-order chi connectivity index (χ1) is 18.2. The predicted molar refractivity (Wildman–Crippen MR) is 143 cm³/mol. The van der Waals surface area contributed by atoms with E-state index in [-0.39, 0.29) is 17.8 Å². The monoisotopic (exact) mass is 527 g/mol. The molecule has 8 nitrogen and oxygen atoms in total. The Kier molecular flexibility index (Phi) is 8.58. The second-order valence-corrected chi connectivity index (χ2v) is 9.80. The van der Waals surface area contributed by atoms with Crippen LogP contribution < -0.4 is 4.90 Å². The molecule has 1 amide bonds. The summed E-state index contributed by atoms with van der Waals surface area (Å²) in [7, 11) is 3.22. The van der Waals surface area contributed by atoms with Crippen LogP contribution in [0.15, 0.2) is 47.1 Å². The largest absolute Gasteiger partial charge is 0.495 e. The first kappa shape index (κ1) is 27.5. The second-order valence-electron chi connectivity index (χ2n) is 9.80. The summed E-state index contributed by atoms with van der Waals surface area (Å²) in [6, 6.07) is 0. The molecule has 1 aromatic rings. The lowest BCUT2D eigenvalue weighted by atomic mass is 9.99. The number of anilines is 1. The number of fused-ring (bicyclic) bond motifs is 1. The van der Waals surface area contributed by atoms with Crippen LogP contribution in [0.2, 0.25) is 0 Å². The van der Waals surface area contributed by atoms with E-state index in [4.69, 9.17) is 19.4 Å². The van der Waals surface area contributed by atoms with Gasteiger partial charge in [-0.05, 0) is 18.2 Å². The number of hydrogen-bond donors (Lipinski definition) is 0. The fourth-order valence-corrected chi connectivity index (χ4v) is 4.79. The molecular formula is C28H35F2N5O3. The number of piperidine rings is 1. The molecule has 10 heteroatoms. The summed E-state index contributed by atoms with van der Waals surface area (Å²) >= 11 is 0. The molecule has 38 heavy (non-hydrogen) atoms. The lowest BCUT2D eigenvalue weighted by Crippen LogP contribution is -2.40. The number of alkyl halides is 1. The molecule has 1 fully saturated rings. The minimum Gasteiger partial charge on any atom is -0.495 e. The lowest BCUT2D eigenvalue weighted by molar-refractivity contribution is -0.129. The SMILES string of the molecule is C=C(/C=C(\C=NC)OC)c1nc2c(nc1N1CCC(OC3=CC(C)[C@@H](F)C=C3F)CC1)CCN(C(C)=O)C2. The van der Waals surface area contributed by atoms with Crippen molar-refractivity contribution in [3.05, 3.63) is 59.2 Å². The number of allylic oxidation sites excluding steroid dienone is 6. The highest BCUT2D eigenvalue weighted by Crippen LogP contribution is 2.33. The van der Waals surface area contributed by atoms with Crippen molar-refractivity contribution in [2.45, 2.75) is 51.9 Å². The van der Waals surface area contributed by atoms with E-state index < -0.39 is 17.9 Å². The van der Waals surface area contributed by atoms with Gasteiger partial charge in [0.05, 0.1) is 31.3 Å². The first-order valence-electron chi connectivity index (χ1n) is 12.9. The molecule has 204 valence electrons. The Hall–Kier alpha value is -3.56. The van der Waals surface area contributed by atoms with Gasteiger partial charge in [0.25, 0.3) is 0 Å². The summed E-state index contributed by atoms with van der Waals surface area (Å²) < 4.78 is 39.4. The van der Waals surface area contributed by atoms with Crippen LogP contribution in [0.4, 0.5) is 14.6 Å². The number of ether oxygens (including phenoxy) is 2. The molecule has 3 heterocycles. The number of carbonyl (C=O) groups excluding carboxylic acids is 1. The number of hydrogen-bond acceptors (Lipinski definition) is 7. The molecule has 2 atom stereocenters. The number of halogens is 2. The molecule has 1 unspecified atom stereocenters.